The Kier molecular flexibility index (Phi) is 3.91. The third-order valence-corrected chi connectivity index (χ3v) is 3.06. The van der Waals surface area contributed by atoms with Crippen LogP contribution >= 0.6 is 0 Å². The minimum absolute atomic E-state index is 0.0154. The van der Waals surface area contributed by atoms with Gasteiger partial charge in [-0.2, -0.15) is 0 Å². The molecule has 0 aliphatic carbocycles. The van der Waals surface area contributed by atoms with Gasteiger partial charge in [-0.15, -0.1) is 0 Å². The third kappa shape index (κ3) is 2.40. The number of nitrogens with one attached hydrogen (secondary N) is 1. The van der Waals surface area contributed by atoms with Crippen molar-refractivity contribution in [3.63, 3.8) is 0 Å². The average Bonchev–Trinajstić information content (AvgIpc) is 2.86. The summed E-state index contributed by atoms with van der Waals surface area (Å²) in [5.74, 6) is -0.384. The first-order valence-electron chi connectivity index (χ1n) is 5.75. The lowest BCUT2D eigenvalue weighted by molar-refractivity contribution is 0.0794. The number of pyridine rings is 1. The van der Waals surface area contributed by atoms with Crippen molar-refractivity contribution in [2.75, 3.05) is 20.8 Å². The first kappa shape index (κ1) is 12.3. The predicted octanol–water partition coefficient (Wildman–Crippen LogP) is 1.67. The van der Waals surface area contributed by atoms with Crippen LogP contribution in [0, 0.1) is 5.82 Å². The lowest BCUT2D eigenvalue weighted by atomic mass is 10.00. The van der Waals surface area contributed by atoms with Crippen LogP contribution in [0.15, 0.2) is 12.3 Å². The number of rotatable bonds is 4. The van der Waals surface area contributed by atoms with Gasteiger partial charge in [0, 0.05) is 18.4 Å². The molecule has 1 N–H and O–H groups in total. The van der Waals surface area contributed by atoms with Crippen molar-refractivity contribution in [2.45, 2.75) is 25.0 Å². The smallest absolute Gasteiger partial charge is 0.250 e. The first-order chi connectivity index (χ1) is 8.27. The maximum absolute atomic E-state index is 14.1. The second kappa shape index (κ2) is 5.42. The second-order valence-electron chi connectivity index (χ2n) is 4.04. The van der Waals surface area contributed by atoms with E-state index in [1.165, 1.54) is 7.11 Å². The fourth-order valence-corrected chi connectivity index (χ4v) is 2.23. The minimum atomic E-state index is -0.412. The van der Waals surface area contributed by atoms with Gasteiger partial charge in [0.2, 0.25) is 5.88 Å². The topological polar surface area (TPSA) is 43.4 Å². The summed E-state index contributed by atoms with van der Waals surface area (Å²) in [4.78, 5) is 3.83. The molecule has 0 radical (unpaired) electrons. The van der Waals surface area contributed by atoms with Crippen molar-refractivity contribution >= 4 is 0 Å². The molecule has 0 amide bonds. The number of nitrogens with zero attached hydrogens (tertiary/aromatic N) is 1. The van der Waals surface area contributed by atoms with E-state index in [1.807, 2.05) is 0 Å². The molecule has 2 unspecified atom stereocenters. The van der Waals surface area contributed by atoms with Gasteiger partial charge < -0.3 is 14.8 Å². The minimum Gasteiger partial charge on any atom is -0.479 e. The van der Waals surface area contributed by atoms with Gasteiger partial charge in [-0.3, -0.25) is 0 Å². The van der Waals surface area contributed by atoms with E-state index in [4.69, 9.17) is 9.47 Å². The van der Waals surface area contributed by atoms with E-state index in [2.05, 4.69) is 10.3 Å². The van der Waals surface area contributed by atoms with Gasteiger partial charge in [0.15, 0.2) is 5.82 Å². The Labute approximate surface area is 100 Å². The molecule has 1 fully saturated rings. The summed E-state index contributed by atoms with van der Waals surface area (Å²) in [6.07, 6.45) is 3.53. The standard InChI is InChI=1S/C12H17FN2O2/c1-14-11(9-4-3-7-17-9)8-5-6-15-12(16-2)10(8)13/h5-6,9,11,14H,3-4,7H2,1-2H3. The Morgan fingerprint density at radius 3 is 3.06 bits per heavy atom. The Balaban J connectivity index is 2.29. The molecule has 1 aromatic rings. The van der Waals surface area contributed by atoms with Crippen LogP contribution in [0.5, 0.6) is 5.88 Å². The van der Waals surface area contributed by atoms with Crippen LogP contribution in [0.25, 0.3) is 0 Å². The Morgan fingerprint density at radius 2 is 2.47 bits per heavy atom. The molecule has 2 heterocycles. The van der Waals surface area contributed by atoms with Gasteiger partial charge in [-0.05, 0) is 26.0 Å². The average molecular weight is 240 g/mol. The number of hydrogen-bond donors (Lipinski definition) is 1. The number of methoxy groups -OCH3 is 1. The summed E-state index contributed by atoms with van der Waals surface area (Å²) in [7, 11) is 3.22. The molecule has 1 aromatic heterocycles. The van der Waals surface area contributed by atoms with Gasteiger partial charge in [0.25, 0.3) is 0 Å². The van der Waals surface area contributed by atoms with E-state index in [0.717, 1.165) is 19.4 Å². The molecule has 17 heavy (non-hydrogen) atoms. The Bertz CT molecular complexity index is 381. The van der Waals surface area contributed by atoms with Crippen molar-refractivity contribution in [3.05, 3.63) is 23.6 Å². The number of likely N-dealkylation sites (N-methyl/N-ethyl adjacent to an activating group) is 1. The highest BCUT2D eigenvalue weighted by molar-refractivity contribution is 5.27. The first-order valence-corrected chi connectivity index (χ1v) is 5.75. The fourth-order valence-electron chi connectivity index (χ4n) is 2.23. The number of hydrogen-bond acceptors (Lipinski definition) is 4. The second-order valence-corrected chi connectivity index (χ2v) is 4.04. The quantitative estimate of drug-likeness (QED) is 0.869. The highest BCUT2D eigenvalue weighted by Crippen LogP contribution is 2.30. The largest absolute Gasteiger partial charge is 0.479 e. The van der Waals surface area contributed by atoms with Crippen LogP contribution in [-0.2, 0) is 4.74 Å². The molecule has 94 valence electrons. The summed E-state index contributed by atoms with van der Waals surface area (Å²) in [6.45, 7) is 0.743. The molecule has 0 aromatic carbocycles. The zero-order valence-electron chi connectivity index (χ0n) is 10.1. The van der Waals surface area contributed by atoms with Crippen molar-refractivity contribution in [2.24, 2.45) is 0 Å². The fraction of sp³-hybridized carbons (Fsp3) is 0.583. The monoisotopic (exact) mass is 240 g/mol. The zero-order chi connectivity index (χ0) is 12.3. The van der Waals surface area contributed by atoms with Gasteiger partial charge in [0.05, 0.1) is 19.3 Å². The molecular weight excluding hydrogens is 223 g/mol. The molecule has 2 rings (SSSR count). The molecule has 4 nitrogen and oxygen atoms in total. The summed E-state index contributed by atoms with van der Waals surface area (Å²) in [5.41, 5.74) is 0.547. The van der Waals surface area contributed by atoms with E-state index in [1.54, 1.807) is 19.3 Å². The van der Waals surface area contributed by atoms with E-state index >= 15 is 0 Å². The molecule has 5 heteroatoms. The molecule has 2 atom stereocenters. The summed E-state index contributed by atoms with van der Waals surface area (Å²) in [5, 5.41) is 3.10. The molecule has 0 saturated carbocycles. The number of ether oxygens (including phenoxy) is 2. The Morgan fingerprint density at radius 1 is 1.65 bits per heavy atom. The molecule has 1 aliphatic rings. The molecule has 1 aliphatic heterocycles. The zero-order valence-corrected chi connectivity index (χ0v) is 10.1. The van der Waals surface area contributed by atoms with E-state index in [9.17, 15) is 4.39 Å². The molecule has 0 spiro atoms. The predicted molar refractivity (Wildman–Crippen MR) is 61.5 cm³/mol. The van der Waals surface area contributed by atoms with Crippen LogP contribution in [0.3, 0.4) is 0 Å². The van der Waals surface area contributed by atoms with Gasteiger partial charge >= 0.3 is 0 Å². The van der Waals surface area contributed by atoms with E-state index in [-0.39, 0.29) is 18.0 Å². The molecule has 1 saturated heterocycles. The lowest BCUT2D eigenvalue weighted by Gasteiger charge is -2.23. The van der Waals surface area contributed by atoms with Crippen LogP contribution in [0.2, 0.25) is 0 Å². The van der Waals surface area contributed by atoms with Gasteiger partial charge in [0.1, 0.15) is 0 Å². The summed E-state index contributed by atoms with van der Waals surface area (Å²) in [6, 6.07) is 1.51. The van der Waals surface area contributed by atoms with E-state index in [0.29, 0.717) is 5.56 Å². The SMILES string of the molecule is CNC(c1ccnc(OC)c1F)C1CCCO1. The van der Waals surface area contributed by atoms with Crippen LogP contribution in [-0.4, -0.2) is 31.9 Å². The van der Waals surface area contributed by atoms with Crippen molar-refractivity contribution in [1.29, 1.82) is 0 Å². The van der Waals surface area contributed by atoms with Gasteiger partial charge in [-0.25, -0.2) is 9.37 Å². The Hall–Kier alpha value is -1.20. The van der Waals surface area contributed by atoms with Crippen LogP contribution < -0.4 is 10.1 Å². The third-order valence-electron chi connectivity index (χ3n) is 3.06. The number of aromatic nitrogens is 1. The van der Waals surface area contributed by atoms with Crippen LogP contribution in [0.1, 0.15) is 24.4 Å². The van der Waals surface area contributed by atoms with Gasteiger partial charge in [-0.1, -0.05) is 0 Å². The number of halogens is 1. The highest BCUT2D eigenvalue weighted by atomic mass is 19.1. The summed E-state index contributed by atoms with van der Waals surface area (Å²) >= 11 is 0. The van der Waals surface area contributed by atoms with Crippen molar-refractivity contribution < 1.29 is 13.9 Å². The molecule has 0 bridgehead atoms. The molecular formula is C12H17FN2O2. The van der Waals surface area contributed by atoms with Crippen molar-refractivity contribution in [1.82, 2.24) is 10.3 Å². The summed E-state index contributed by atoms with van der Waals surface area (Å²) < 4.78 is 24.6. The maximum Gasteiger partial charge on any atom is 0.250 e. The normalized spacial score (nSPS) is 21.5. The highest BCUT2D eigenvalue weighted by Gasteiger charge is 2.29. The van der Waals surface area contributed by atoms with Crippen molar-refractivity contribution in [3.8, 4) is 5.88 Å². The van der Waals surface area contributed by atoms with E-state index < -0.39 is 5.82 Å². The lowest BCUT2D eigenvalue weighted by Crippen LogP contribution is -2.30. The maximum atomic E-state index is 14.1. The van der Waals surface area contributed by atoms with Crippen LogP contribution in [0.4, 0.5) is 4.39 Å².